The number of benzene rings is 2. The van der Waals surface area contributed by atoms with Gasteiger partial charge in [-0.15, -0.1) is 0 Å². The highest BCUT2D eigenvalue weighted by Crippen LogP contribution is 2.31. The third kappa shape index (κ3) is 4.22. The molecule has 1 aromatic heterocycles. The van der Waals surface area contributed by atoms with Crippen LogP contribution in [0.4, 0.5) is 18.3 Å². The molecular weight excluding hydrogens is 467 g/mol. The Hall–Kier alpha value is -2.54. The van der Waals surface area contributed by atoms with Crippen LogP contribution >= 0.6 is 11.3 Å². The first kappa shape index (κ1) is 22.6. The third-order valence-electron chi connectivity index (χ3n) is 4.86. The molecule has 2 aromatic carbocycles. The number of carbonyl (C=O) groups is 1. The average molecular weight is 486 g/mol. The molecule has 170 valence electrons. The molecule has 0 bridgehead atoms. The van der Waals surface area contributed by atoms with Gasteiger partial charge in [0.15, 0.2) is 22.6 Å². The topological polar surface area (TPSA) is 88.6 Å². The van der Waals surface area contributed by atoms with Crippen LogP contribution in [-0.4, -0.2) is 48.9 Å². The van der Waals surface area contributed by atoms with E-state index in [0.29, 0.717) is 0 Å². The Balaban J connectivity index is 1.59. The largest absolute Gasteiger partial charge is 0.373 e. The van der Waals surface area contributed by atoms with E-state index in [-0.39, 0.29) is 45.6 Å². The Morgan fingerprint density at radius 1 is 1.16 bits per heavy atom. The molecule has 1 amide bonds. The summed E-state index contributed by atoms with van der Waals surface area (Å²) in [7, 11) is -3.87. The van der Waals surface area contributed by atoms with Crippen molar-refractivity contribution in [1.82, 2.24) is 9.29 Å². The minimum atomic E-state index is -3.87. The van der Waals surface area contributed by atoms with Gasteiger partial charge in [-0.1, -0.05) is 17.4 Å². The Morgan fingerprint density at radius 2 is 1.84 bits per heavy atom. The second-order valence-corrected chi connectivity index (χ2v) is 10.4. The van der Waals surface area contributed by atoms with Crippen LogP contribution in [0, 0.1) is 17.5 Å². The van der Waals surface area contributed by atoms with Gasteiger partial charge < -0.3 is 4.74 Å². The molecule has 1 aliphatic heterocycles. The van der Waals surface area contributed by atoms with Crippen LogP contribution in [0.3, 0.4) is 0 Å². The maximum Gasteiger partial charge on any atom is 0.257 e. The van der Waals surface area contributed by atoms with Crippen molar-refractivity contribution in [3.63, 3.8) is 0 Å². The molecule has 12 heteroatoms. The number of halogens is 3. The molecule has 1 saturated heterocycles. The number of hydrogen-bond acceptors (Lipinski definition) is 6. The van der Waals surface area contributed by atoms with E-state index >= 15 is 0 Å². The van der Waals surface area contributed by atoms with E-state index in [1.54, 1.807) is 13.8 Å². The molecule has 3 aromatic rings. The van der Waals surface area contributed by atoms with E-state index < -0.39 is 38.9 Å². The summed E-state index contributed by atoms with van der Waals surface area (Å²) in [6, 6.07) is 6.24. The number of amides is 1. The zero-order chi connectivity index (χ0) is 23.2. The number of ether oxygens (including phenoxy) is 1. The molecule has 4 rings (SSSR count). The highest BCUT2D eigenvalue weighted by molar-refractivity contribution is 7.89. The lowest BCUT2D eigenvalue weighted by molar-refractivity contribution is -0.0440. The minimum Gasteiger partial charge on any atom is -0.373 e. The van der Waals surface area contributed by atoms with E-state index in [1.807, 2.05) is 0 Å². The van der Waals surface area contributed by atoms with Crippen molar-refractivity contribution in [1.29, 1.82) is 0 Å². The Morgan fingerprint density at radius 3 is 2.53 bits per heavy atom. The van der Waals surface area contributed by atoms with Gasteiger partial charge in [-0.25, -0.2) is 26.6 Å². The van der Waals surface area contributed by atoms with Crippen LogP contribution in [0.15, 0.2) is 35.2 Å². The number of nitrogens with zero attached hydrogens (tertiary/aromatic N) is 2. The van der Waals surface area contributed by atoms with Gasteiger partial charge in [0.25, 0.3) is 5.91 Å². The second kappa shape index (κ2) is 8.43. The predicted molar refractivity (Wildman–Crippen MR) is 113 cm³/mol. The van der Waals surface area contributed by atoms with Gasteiger partial charge in [0.1, 0.15) is 5.52 Å². The van der Waals surface area contributed by atoms with Gasteiger partial charge in [0, 0.05) is 18.7 Å². The van der Waals surface area contributed by atoms with Crippen LogP contribution in [0.2, 0.25) is 0 Å². The molecule has 1 aliphatic rings. The van der Waals surface area contributed by atoms with Crippen molar-refractivity contribution in [2.45, 2.75) is 31.0 Å². The van der Waals surface area contributed by atoms with Gasteiger partial charge >= 0.3 is 0 Å². The summed E-state index contributed by atoms with van der Waals surface area (Å²) < 4.78 is 73.7. The van der Waals surface area contributed by atoms with E-state index in [0.717, 1.165) is 17.4 Å². The van der Waals surface area contributed by atoms with Crippen molar-refractivity contribution in [3.05, 3.63) is 53.3 Å². The molecule has 1 fully saturated rings. The third-order valence-corrected chi connectivity index (χ3v) is 7.61. The van der Waals surface area contributed by atoms with Crippen LogP contribution in [0.5, 0.6) is 0 Å². The number of aromatic nitrogens is 1. The summed E-state index contributed by atoms with van der Waals surface area (Å²) >= 11 is 0.760. The number of fused-ring (bicyclic) bond motifs is 1. The molecule has 1 N–H and O–H groups in total. The summed E-state index contributed by atoms with van der Waals surface area (Å²) in [5.74, 6) is -5.16. The van der Waals surface area contributed by atoms with E-state index in [9.17, 15) is 26.4 Å². The van der Waals surface area contributed by atoms with E-state index in [4.69, 9.17) is 4.74 Å². The first-order valence-corrected chi connectivity index (χ1v) is 11.8. The first-order chi connectivity index (χ1) is 15.1. The average Bonchev–Trinajstić information content (AvgIpc) is 3.13. The Labute approximate surface area is 185 Å². The standard InChI is InChI=1S/C20H18F3N3O4S2/c1-10-8-26(9-11(2)30-10)32(28,29)13-5-3-4-12(6-13)19(27)25-20-24-18-15(31-20)7-14(21)16(22)17(18)23/h3-7,10-11H,8-9H2,1-2H3,(H,24,25,27)/t10-,11-/m0/s1. The van der Waals surface area contributed by atoms with Crippen molar-refractivity contribution >= 4 is 42.6 Å². The molecule has 7 nitrogen and oxygen atoms in total. The molecule has 32 heavy (non-hydrogen) atoms. The van der Waals surface area contributed by atoms with Gasteiger partial charge in [0.05, 0.1) is 21.8 Å². The zero-order valence-corrected chi connectivity index (χ0v) is 18.6. The van der Waals surface area contributed by atoms with E-state index in [2.05, 4.69) is 10.3 Å². The molecule has 0 unspecified atom stereocenters. The molecule has 0 aliphatic carbocycles. The number of thiazole rings is 1. The van der Waals surface area contributed by atoms with Crippen LogP contribution in [-0.2, 0) is 14.8 Å². The van der Waals surface area contributed by atoms with Crippen LogP contribution in [0.25, 0.3) is 10.2 Å². The molecule has 2 heterocycles. The second-order valence-electron chi connectivity index (χ2n) is 7.41. The first-order valence-electron chi connectivity index (χ1n) is 9.57. The fourth-order valence-electron chi connectivity index (χ4n) is 3.47. The van der Waals surface area contributed by atoms with Crippen molar-refractivity contribution < 1.29 is 31.1 Å². The number of nitrogens with one attached hydrogen (secondary N) is 1. The van der Waals surface area contributed by atoms with Gasteiger partial charge in [-0.3, -0.25) is 10.1 Å². The van der Waals surface area contributed by atoms with Crippen LogP contribution < -0.4 is 5.32 Å². The lowest BCUT2D eigenvalue weighted by atomic mass is 10.2. The van der Waals surface area contributed by atoms with Crippen molar-refractivity contribution in [2.75, 3.05) is 18.4 Å². The Kier molecular flexibility index (Phi) is 5.96. The summed E-state index contributed by atoms with van der Waals surface area (Å²) in [4.78, 5) is 16.4. The number of hydrogen-bond donors (Lipinski definition) is 1. The number of rotatable bonds is 4. The smallest absolute Gasteiger partial charge is 0.257 e. The summed E-state index contributed by atoms with van der Waals surface area (Å²) in [6.45, 7) is 3.93. The predicted octanol–water partition coefficient (Wildman–Crippen LogP) is 3.76. The normalized spacial score (nSPS) is 19.9. The molecular formula is C20H18F3N3O4S2. The highest BCUT2D eigenvalue weighted by atomic mass is 32.2. The maximum absolute atomic E-state index is 13.9. The lowest BCUT2D eigenvalue weighted by Gasteiger charge is -2.34. The number of morpholine rings is 1. The van der Waals surface area contributed by atoms with Crippen molar-refractivity contribution in [2.24, 2.45) is 0 Å². The van der Waals surface area contributed by atoms with E-state index in [1.165, 1.54) is 28.6 Å². The molecule has 2 atom stereocenters. The van der Waals surface area contributed by atoms with Crippen LogP contribution in [0.1, 0.15) is 24.2 Å². The maximum atomic E-state index is 13.9. The highest BCUT2D eigenvalue weighted by Gasteiger charge is 2.32. The van der Waals surface area contributed by atoms with Gasteiger partial charge in [-0.05, 0) is 38.1 Å². The lowest BCUT2D eigenvalue weighted by Crippen LogP contribution is -2.48. The monoisotopic (exact) mass is 485 g/mol. The fourth-order valence-corrected chi connectivity index (χ4v) is 5.99. The van der Waals surface area contributed by atoms with Crippen molar-refractivity contribution in [3.8, 4) is 0 Å². The van der Waals surface area contributed by atoms with Gasteiger partial charge in [0.2, 0.25) is 10.0 Å². The summed E-state index contributed by atoms with van der Waals surface area (Å²) in [5, 5.41) is 2.33. The number of carbonyl (C=O) groups excluding carboxylic acids is 1. The zero-order valence-electron chi connectivity index (χ0n) is 16.9. The summed E-state index contributed by atoms with van der Waals surface area (Å²) in [5.41, 5.74) is -0.381. The van der Waals surface area contributed by atoms with Gasteiger partial charge in [-0.2, -0.15) is 4.31 Å². The SMILES string of the molecule is C[C@H]1CN(S(=O)(=O)c2cccc(C(=O)Nc3nc4c(F)c(F)c(F)cc4s3)c2)C[C@H](C)O1. The quantitative estimate of drug-likeness (QED) is 0.569. The molecule has 0 radical (unpaired) electrons. The molecule has 0 saturated carbocycles. The fraction of sp³-hybridized carbons (Fsp3) is 0.300. The minimum absolute atomic E-state index is 0.0172. The number of sulfonamides is 1. The number of anilines is 1. The Bertz CT molecular complexity index is 1300. The summed E-state index contributed by atoms with van der Waals surface area (Å²) in [6.07, 6.45) is -0.539. The molecule has 0 spiro atoms.